The molecule has 8 nitrogen and oxygen atoms in total. The van der Waals surface area contributed by atoms with E-state index in [2.05, 4.69) is 21.3 Å². The Kier molecular flexibility index (Phi) is 12.6. The molecule has 1 unspecified atom stereocenters. The van der Waals surface area contributed by atoms with Gasteiger partial charge in [0.05, 0.1) is 0 Å². The van der Waals surface area contributed by atoms with E-state index in [1.54, 1.807) is 13.8 Å². The summed E-state index contributed by atoms with van der Waals surface area (Å²) in [5.74, 6) is -1.04. The maximum absolute atomic E-state index is 12.1. The zero-order valence-corrected chi connectivity index (χ0v) is 15.0. The van der Waals surface area contributed by atoms with Gasteiger partial charge in [-0.2, -0.15) is 0 Å². The molecule has 0 aromatic rings. The summed E-state index contributed by atoms with van der Waals surface area (Å²) in [6, 6.07) is -0.667. The molecule has 9 heteroatoms. The third-order valence-electron chi connectivity index (χ3n) is 3.15. The van der Waals surface area contributed by atoms with Crippen LogP contribution >= 0.6 is 11.6 Å². The predicted octanol–water partition coefficient (Wildman–Crippen LogP) is -0.341. The molecule has 0 aliphatic heterocycles. The quantitative estimate of drug-likeness (QED) is 0.280. The minimum absolute atomic E-state index is 0.0522. The standard InChI is InChI=1S/C15H27ClN4O4/c1-3-12(21)17-7-5-6-11(20-13(22)4-2)15(24)19-9-8-18-14(23)10-16/h11H,3-10H2,1-2H3,(H,17,21)(H,18,23)(H,19,24)(H,20,22). The van der Waals surface area contributed by atoms with Gasteiger partial charge >= 0.3 is 0 Å². The van der Waals surface area contributed by atoms with Crippen molar-refractivity contribution in [1.29, 1.82) is 0 Å². The van der Waals surface area contributed by atoms with E-state index < -0.39 is 6.04 Å². The molecule has 1 atom stereocenters. The van der Waals surface area contributed by atoms with Crippen LogP contribution in [0.15, 0.2) is 0 Å². The number of halogens is 1. The summed E-state index contributed by atoms with van der Waals surface area (Å²) < 4.78 is 0. The minimum atomic E-state index is -0.667. The fourth-order valence-corrected chi connectivity index (χ4v) is 1.88. The van der Waals surface area contributed by atoms with Gasteiger partial charge in [0.1, 0.15) is 11.9 Å². The Morgan fingerprint density at radius 3 is 2.00 bits per heavy atom. The van der Waals surface area contributed by atoms with Crippen molar-refractivity contribution in [3.05, 3.63) is 0 Å². The van der Waals surface area contributed by atoms with E-state index in [4.69, 9.17) is 11.6 Å². The van der Waals surface area contributed by atoms with E-state index in [0.717, 1.165) is 0 Å². The van der Waals surface area contributed by atoms with E-state index in [9.17, 15) is 19.2 Å². The summed E-state index contributed by atoms with van der Waals surface area (Å²) in [6.45, 7) is 4.42. The largest absolute Gasteiger partial charge is 0.356 e. The Bertz CT molecular complexity index is 432. The van der Waals surface area contributed by atoms with Crippen molar-refractivity contribution in [2.75, 3.05) is 25.5 Å². The summed E-state index contributed by atoms with van der Waals surface area (Å²) in [4.78, 5) is 45.8. The number of carbonyl (C=O) groups excluding carboxylic acids is 4. The van der Waals surface area contributed by atoms with Gasteiger partial charge in [-0.15, -0.1) is 11.6 Å². The Labute approximate surface area is 147 Å². The summed E-state index contributed by atoms with van der Waals surface area (Å²) >= 11 is 5.34. The van der Waals surface area contributed by atoms with Crippen molar-refractivity contribution in [3.63, 3.8) is 0 Å². The number of nitrogens with one attached hydrogen (secondary N) is 4. The SMILES string of the molecule is CCC(=O)NCCCC(NC(=O)CC)C(=O)NCCNC(=O)CCl. The Balaban J connectivity index is 4.26. The molecule has 0 spiro atoms. The second-order valence-electron chi connectivity index (χ2n) is 5.09. The molecule has 0 aromatic heterocycles. The lowest BCUT2D eigenvalue weighted by Gasteiger charge is -2.18. The number of carbonyl (C=O) groups is 4. The molecule has 0 saturated heterocycles. The molecule has 0 aromatic carbocycles. The van der Waals surface area contributed by atoms with Gasteiger partial charge < -0.3 is 21.3 Å². The van der Waals surface area contributed by atoms with Crippen LogP contribution in [0, 0.1) is 0 Å². The summed E-state index contributed by atoms with van der Waals surface area (Å²) in [5.41, 5.74) is 0. The van der Waals surface area contributed by atoms with Crippen LogP contribution in [0.2, 0.25) is 0 Å². The van der Waals surface area contributed by atoms with Crippen LogP contribution < -0.4 is 21.3 Å². The van der Waals surface area contributed by atoms with Crippen molar-refractivity contribution < 1.29 is 19.2 Å². The van der Waals surface area contributed by atoms with Crippen molar-refractivity contribution in [2.24, 2.45) is 0 Å². The van der Waals surface area contributed by atoms with Crippen LogP contribution in [-0.4, -0.2) is 55.2 Å². The first-order chi connectivity index (χ1) is 11.4. The Hall–Kier alpha value is -1.83. The first-order valence-electron chi connectivity index (χ1n) is 8.10. The predicted molar refractivity (Wildman–Crippen MR) is 91.5 cm³/mol. The van der Waals surface area contributed by atoms with Gasteiger partial charge in [-0.05, 0) is 12.8 Å². The molecular formula is C15H27ClN4O4. The molecule has 4 amide bonds. The fourth-order valence-electron chi connectivity index (χ4n) is 1.78. The highest BCUT2D eigenvalue weighted by Crippen LogP contribution is 1.98. The third kappa shape index (κ3) is 10.8. The van der Waals surface area contributed by atoms with E-state index in [1.807, 2.05) is 0 Å². The molecule has 0 fully saturated rings. The van der Waals surface area contributed by atoms with E-state index in [-0.39, 0.29) is 49.0 Å². The van der Waals surface area contributed by atoms with Crippen LogP contribution in [-0.2, 0) is 19.2 Å². The van der Waals surface area contributed by atoms with Crippen LogP contribution in [0.5, 0.6) is 0 Å². The lowest BCUT2D eigenvalue weighted by molar-refractivity contribution is -0.129. The van der Waals surface area contributed by atoms with Crippen molar-refractivity contribution in [1.82, 2.24) is 21.3 Å². The summed E-state index contributed by atoms with van der Waals surface area (Å²) in [6.07, 6.45) is 1.67. The summed E-state index contributed by atoms with van der Waals surface area (Å²) in [7, 11) is 0. The van der Waals surface area contributed by atoms with Gasteiger partial charge in [0.25, 0.3) is 0 Å². The lowest BCUT2D eigenvalue weighted by Crippen LogP contribution is -2.48. The van der Waals surface area contributed by atoms with Crippen molar-refractivity contribution >= 4 is 35.2 Å². The number of hydrogen-bond donors (Lipinski definition) is 4. The Morgan fingerprint density at radius 2 is 1.42 bits per heavy atom. The first kappa shape index (κ1) is 22.2. The lowest BCUT2D eigenvalue weighted by atomic mass is 10.1. The molecule has 0 rings (SSSR count). The third-order valence-corrected chi connectivity index (χ3v) is 3.40. The van der Waals surface area contributed by atoms with Crippen LogP contribution in [0.1, 0.15) is 39.5 Å². The molecule has 0 aliphatic carbocycles. The maximum atomic E-state index is 12.1. The van der Waals surface area contributed by atoms with Gasteiger partial charge in [0.15, 0.2) is 0 Å². The molecule has 0 heterocycles. The molecule has 138 valence electrons. The number of hydrogen-bond acceptors (Lipinski definition) is 4. The van der Waals surface area contributed by atoms with Gasteiger partial charge in [-0.1, -0.05) is 13.8 Å². The normalized spacial score (nSPS) is 11.3. The number of amides is 4. The topological polar surface area (TPSA) is 116 Å². The highest BCUT2D eigenvalue weighted by Gasteiger charge is 2.19. The Morgan fingerprint density at radius 1 is 0.833 bits per heavy atom. The minimum Gasteiger partial charge on any atom is -0.356 e. The molecule has 0 aliphatic rings. The van der Waals surface area contributed by atoms with Crippen molar-refractivity contribution in [3.8, 4) is 0 Å². The van der Waals surface area contributed by atoms with Gasteiger partial charge in [-0.25, -0.2) is 0 Å². The monoisotopic (exact) mass is 362 g/mol. The molecule has 0 saturated carbocycles. The molecule has 0 bridgehead atoms. The number of rotatable bonds is 12. The smallest absolute Gasteiger partial charge is 0.242 e. The second-order valence-corrected chi connectivity index (χ2v) is 5.36. The van der Waals surface area contributed by atoms with Gasteiger partial charge in [0.2, 0.25) is 23.6 Å². The van der Waals surface area contributed by atoms with Gasteiger partial charge in [0, 0.05) is 32.5 Å². The molecule has 24 heavy (non-hydrogen) atoms. The fraction of sp³-hybridized carbons (Fsp3) is 0.733. The highest BCUT2D eigenvalue weighted by atomic mass is 35.5. The van der Waals surface area contributed by atoms with E-state index >= 15 is 0 Å². The van der Waals surface area contributed by atoms with Crippen LogP contribution in [0.4, 0.5) is 0 Å². The molecule has 4 N–H and O–H groups in total. The van der Waals surface area contributed by atoms with E-state index in [1.165, 1.54) is 0 Å². The van der Waals surface area contributed by atoms with E-state index in [0.29, 0.717) is 25.8 Å². The second kappa shape index (κ2) is 13.6. The van der Waals surface area contributed by atoms with Crippen LogP contribution in [0.25, 0.3) is 0 Å². The summed E-state index contributed by atoms with van der Waals surface area (Å²) in [5, 5.41) is 10.6. The van der Waals surface area contributed by atoms with Crippen molar-refractivity contribution in [2.45, 2.75) is 45.6 Å². The zero-order valence-electron chi connectivity index (χ0n) is 14.2. The molecular weight excluding hydrogens is 336 g/mol. The highest BCUT2D eigenvalue weighted by molar-refractivity contribution is 6.27. The molecule has 0 radical (unpaired) electrons. The van der Waals surface area contributed by atoms with Gasteiger partial charge in [-0.3, -0.25) is 19.2 Å². The zero-order chi connectivity index (χ0) is 18.4. The number of alkyl halides is 1. The average Bonchev–Trinajstić information content (AvgIpc) is 2.59. The van der Waals surface area contributed by atoms with Crippen LogP contribution in [0.3, 0.4) is 0 Å². The first-order valence-corrected chi connectivity index (χ1v) is 8.64. The maximum Gasteiger partial charge on any atom is 0.242 e. The average molecular weight is 363 g/mol.